The van der Waals surface area contributed by atoms with Gasteiger partial charge in [0.2, 0.25) is 0 Å². The molecule has 2 N–H and O–H groups in total. The minimum Gasteiger partial charge on any atom is -0.478 e. The zero-order valence-electron chi connectivity index (χ0n) is 12.5. The van der Waals surface area contributed by atoms with E-state index in [-0.39, 0.29) is 11.1 Å². The highest BCUT2D eigenvalue weighted by molar-refractivity contribution is 5.94. The van der Waals surface area contributed by atoms with E-state index in [1.807, 2.05) is 42.5 Å². The van der Waals surface area contributed by atoms with E-state index in [9.17, 15) is 9.59 Å². The van der Waals surface area contributed by atoms with E-state index in [4.69, 9.17) is 10.2 Å². The lowest BCUT2D eigenvalue weighted by molar-refractivity contribution is 0.0696. The second-order valence-electron chi connectivity index (χ2n) is 5.22. The van der Waals surface area contributed by atoms with Crippen molar-refractivity contribution < 1.29 is 19.8 Å². The van der Waals surface area contributed by atoms with Gasteiger partial charge in [0, 0.05) is 11.1 Å². The molecular weight excluding hydrogens is 304 g/mol. The molecule has 0 spiro atoms. The second kappa shape index (κ2) is 6.27. The first kappa shape index (κ1) is 15.3. The van der Waals surface area contributed by atoms with Crippen molar-refractivity contribution in [3.05, 3.63) is 82.9 Å². The normalized spacial score (nSPS) is 10.0. The van der Waals surface area contributed by atoms with Gasteiger partial charge in [-0.2, -0.15) is 0 Å². The van der Waals surface area contributed by atoms with Crippen molar-refractivity contribution >= 4 is 22.7 Å². The van der Waals surface area contributed by atoms with Gasteiger partial charge in [-0.25, -0.2) is 9.59 Å². The summed E-state index contributed by atoms with van der Waals surface area (Å²) < 4.78 is 0. The Morgan fingerprint density at radius 2 is 1.25 bits per heavy atom. The summed E-state index contributed by atoms with van der Waals surface area (Å²) in [5.41, 5.74) is 0.919. The highest BCUT2D eigenvalue weighted by Gasteiger charge is 2.10. The van der Waals surface area contributed by atoms with Gasteiger partial charge in [-0.3, -0.25) is 0 Å². The van der Waals surface area contributed by atoms with Crippen molar-refractivity contribution in [1.29, 1.82) is 0 Å². The van der Waals surface area contributed by atoms with E-state index in [1.54, 1.807) is 0 Å². The molecule has 0 aromatic heterocycles. The van der Waals surface area contributed by atoms with Crippen LogP contribution in [0.15, 0.2) is 60.7 Å². The van der Waals surface area contributed by atoms with Crippen molar-refractivity contribution in [2.24, 2.45) is 0 Å². The Hall–Kier alpha value is -3.58. The summed E-state index contributed by atoms with van der Waals surface area (Å²) in [4.78, 5) is 22.2. The maximum Gasteiger partial charge on any atom is 0.335 e. The summed E-state index contributed by atoms with van der Waals surface area (Å²) in [7, 11) is 0. The highest BCUT2D eigenvalue weighted by atomic mass is 16.4. The molecule has 116 valence electrons. The van der Waals surface area contributed by atoms with Crippen LogP contribution in [-0.4, -0.2) is 22.2 Å². The van der Waals surface area contributed by atoms with Crippen LogP contribution in [0.1, 0.15) is 31.8 Å². The summed E-state index contributed by atoms with van der Waals surface area (Å²) in [5, 5.41) is 20.3. The minimum atomic E-state index is -1.19. The van der Waals surface area contributed by atoms with Crippen LogP contribution in [0.5, 0.6) is 0 Å². The second-order valence-corrected chi connectivity index (χ2v) is 5.22. The Bertz CT molecular complexity index is 990. The van der Waals surface area contributed by atoms with Crippen molar-refractivity contribution in [2.45, 2.75) is 0 Å². The van der Waals surface area contributed by atoms with Crippen molar-refractivity contribution in [1.82, 2.24) is 0 Å². The van der Waals surface area contributed by atoms with E-state index in [2.05, 4.69) is 11.8 Å². The summed E-state index contributed by atoms with van der Waals surface area (Å²) in [6, 6.07) is 17.5. The number of hydrogen-bond acceptors (Lipinski definition) is 2. The number of fused-ring (bicyclic) bond motifs is 1. The van der Waals surface area contributed by atoms with Gasteiger partial charge in [0.1, 0.15) is 0 Å². The first-order valence-electron chi connectivity index (χ1n) is 7.15. The maximum atomic E-state index is 11.1. The van der Waals surface area contributed by atoms with Gasteiger partial charge in [-0.15, -0.1) is 0 Å². The molecule has 0 heterocycles. The predicted molar refractivity (Wildman–Crippen MR) is 90.3 cm³/mol. The summed E-state index contributed by atoms with van der Waals surface area (Å²) >= 11 is 0. The summed E-state index contributed by atoms with van der Waals surface area (Å²) in [6.07, 6.45) is 0. The molecule has 4 nitrogen and oxygen atoms in total. The maximum absolute atomic E-state index is 11.1. The lowest BCUT2D eigenvalue weighted by Crippen LogP contribution is -2.03. The van der Waals surface area contributed by atoms with E-state index in [0.29, 0.717) is 5.56 Å². The molecule has 0 amide bonds. The molecule has 0 bridgehead atoms. The molecule has 0 radical (unpaired) electrons. The van der Waals surface area contributed by atoms with Crippen molar-refractivity contribution in [2.75, 3.05) is 0 Å². The average Bonchev–Trinajstić information content (AvgIpc) is 2.59. The quantitative estimate of drug-likeness (QED) is 0.708. The van der Waals surface area contributed by atoms with Crippen LogP contribution < -0.4 is 0 Å². The van der Waals surface area contributed by atoms with E-state index in [1.165, 1.54) is 12.1 Å². The predicted octanol–water partition coefficient (Wildman–Crippen LogP) is 3.64. The molecule has 4 heteroatoms. The van der Waals surface area contributed by atoms with Gasteiger partial charge < -0.3 is 10.2 Å². The summed E-state index contributed by atoms with van der Waals surface area (Å²) in [6.45, 7) is 0. The topological polar surface area (TPSA) is 74.6 Å². The SMILES string of the molecule is O=C(O)c1cc(C#Cc2ccc3ccccc3c2)cc(C(=O)O)c1. The summed E-state index contributed by atoms with van der Waals surface area (Å²) in [5.74, 6) is 3.41. The first-order valence-corrected chi connectivity index (χ1v) is 7.15. The van der Waals surface area contributed by atoms with E-state index >= 15 is 0 Å². The molecule has 24 heavy (non-hydrogen) atoms. The fraction of sp³-hybridized carbons (Fsp3) is 0. The van der Waals surface area contributed by atoms with Gasteiger partial charge in [0.25, 0.3) is 0 Å². The number of carboxylic acids is 2. The molecule has 0 aliphatic carbocycles. The zero-order chi connectivity index (χ0) is 17.1. The van der Waals surface area contributed by atoms with Gasteiger partial charge in [-0.1, -0.05) is 42.2 Å². The Morgan fingerprint density at radius 3 is 1.88 bits per heavy atom. The number of aromatic carboxylic acids is 2. The molecule has 0 saturated carbocycles. The third kappa shape index (κ3) is 3.26. The molecule has 0 aliphatic heterocycles. The third-order valence-electron chi connectivity index (χ3n) is 3.53. The minimum absolute atomic E-state index is 0.0993. The highest BCUT2D eigenvalue weighted by Crippen LogP contribution is 2.15. The number of benzene rings is 3. The van der Waals surface area contributed by atoms with Crippen LogP contribution in [0, 0.1) is 11.8 Å². The van der Waals surface area contributed by atoms with E-state index in [0.717, 1.165) is 22.4 Å². The van der Waals surface area contributed by atoms with Crippen LogP contribution in [-0.2, 0) is 0 Å². The van der Waals surface area contributed by atoms with Gasteiger partial charge in [-0.05, 0) is 41.1 Å². The molecule has 3 rings (SSSR count). The van der Waals surface area contributed by atoms with Gasteiger partial charge >= 0.3 is 11.9 Å². The molecule has 0 aliphatic rings. The number of hydrogen-bond donors (Lipinski definition) is 2. The number of rotatable bonds is 2. The molecule has 0 atom stereocenters. The van der Waals surface area contributed by atoms with Crippen LogP contribution in [0.3, 0.4) is 0 Å². The lowest BCUT2D eigenvalue weighted by Gasteiger charge is -2.00. The van der Waals surface area contributed by atoms with Crippen LogP contribution in [0.25, 0.3) is 10.8 Å². The van der Waals surface area contributed by atoms with Crippen LogP contribution in [0.4, 0.5) is 0 Å². The fourth-order valence-electron chi connectivity index (χ4n) is 2.36. The van der Waals surface area contributed by atoms with Crippen LogP contribution >= 0.6 is 0 Å². The fourth-order valence-corrected chi connectivity index (χ4v) is 2.36. The Kier molecular flexibility index (Phi) is 4.00. The molecule has 0 saturated heterocycles. The number of carboxylic acid groups (broad SMARTS) is 2. The Morgan fingerprint density at radius 1 is 0.667 bits per heavy atom. The smallest absolute Gasteiger partial charge is 0.335 e. The van der Waals surface area contributed by atoms with E-state index < -0.39 is 11.9 Å². The molecule has 3 aromatic rings. The number of carbonyl (C=O) groups is 2. The van der Waals surface area contributed by atoms with Crippen molar-refractivity contribution in [3.63, 3.8) is 0 Å². The van der Waals surface area contributed by atoms with Gasteiger partial charge in [0.05, 0.1) is 11.1 Å². The molecule has 3 aromatic carbocycles. The van der Waals surface area contributed by atoms with Gasteiger partial charge in [0.15, 0.2) is 0 Å². The third-order valence-corrected chi connectivity index (χ3v) is 3.53. The zero-order valence-corrected chi connectivity index (χ0v) is 12.5. The molecule has 0 unspecified atom stereocenters. The average molecular weight is 316 g/mol. The standard InChI is InChI=1S/C20H12O4/c21-19(22)17-10-14(11-18(12-17)20(23)24)6-5-13-7-8-15-3-1-2-4-16(15)9-13/h1-4,7-12H,(H,21,22)(H,23,24). The monoisotopic (exact) mass is 316 g/mol. The lowest BCUT2D eigenvalue weighted by atomic mass is 10.0. The van der Waals surface area contributed by atoms with Crippen LogP contribution in [0.2, 0.25) is 0 Å². The molecule has 0 fully saturated rings. The molecular formula is C20H12O4. The first-order chi connectivity index (χ1) is 11.5. The Labute approximate surface area is 138 Å². The largest absolute Gasteiger partial charge is 0.478 e. The Balaban J connectivity index is 2.02. The van der Waals surface area contributed by atoms with Crippen molar-refractivity contribution in [3.8, 4) is 11.8 Å².